The summed E-state index contributed by atoms with van der Waals surface area (Å²) in [7, 11) is 0. The standard InChI is InChI=1S/C26H21N2S.C13H24O2.Ir/c1-26(2,3)23-14-19(13-17-7-4-5-8-20(17)23)24-15-18(10-12-27-24)22-16-29-25-21(22)9-6-11-28-25;1-5-10(6-2)12(14)9-13(15)11(7-3)8-4;/h4-12,14-16H,1-3H3;9-11,14H,5-8H2,1-4H3;/q-1;;/b;12-9-;. The molecule has 0 bridgehead atoms. The molecule has 4 nitrogen and oxygen atoms in total. The van der Waals surface area contributed by atoms with E-state index in [-0.39, 0.29) is 48.9 Å². The third-order valence-corrected chi connectivity index (χ3v) is 9.26. The van der Waals surface area contributed by atoms with E-state index in [0.29, 0.717) is 0 Å². The number of thiophene rings is 1. The minimum atomic E-state index is 0. The van der Waals surface area contributed by atoms with E-state index in [1.165, 1.54) is 28.0 Å². The Kier molecular flexibility index (Phi) is 13.2. The third kappa shape index (κ3) is 8.76. The van der Waals surface area contributed by atoms with Gasteiger partial charge in [-0.25, -0.2) is 4.98 Å². The zero-order valence-corrected chi connectivity index (χ0v) is 30.7. The molecule has 3 heterocycles. The van der Waals surface area contributed by atoms with Crippen molar-refractivity contribution in [3.63, 3.8) is 0 Å². The van der Waals surface area contributed by atoms with Crippen LogP contribution in [0.25, 0.3) is 43.4 Å². The third-order valence-electron chi connectivity index (χ3n) is 8.36. The largest absolute Gasteiger partial charge is 0.512 e. The average molecular weight is 798 g/mol. The van der Waals surface area contributed by atoms with Crippen LogP contribution in [0.5, 0.6) is 0 Å². The molecule has 5 rings (SSSR count). The second-order valence-electron chi connectivity index (χ2n) is 12.3. The number of ketones is 1. The van der Waals surface area contributed by atoms with Gasteiger partial charge in [0.1, 0.15) is 4.83 Å². The fourth-order valence-corrected chi connectivity index (χ4v) is 6.52. The summed E-state index contributed by atoms with van der Waals surface area (Å²) in [5.74, 6) is 0.547. The van der Waals surface area contributed by atoms with Crippen molar-refractivity contribution in [2.24, 2.45) is 11.8 Å². The molecule has 0 saturated carbocycles. The van der Waals surface area contributed by atoms with E-state index < -0.39 is 0 Å². The van der Waals surface area contributed by atoms with Crippen LogP contribution in [0.1, 0.15) is 79.7 Å². The maximum atomic E-state index is 11.7. The summed E-state index contributed by atoms with van der Waals surface area (Å²) >= 11 is 1.68. The van der Waals surface area contributed by atoms with Gasteiger partial charge in [0.15, 0.2) is 5.78 Å². The Balaban J connectivity index is 0.000000297. The Hall–Kier alpha value is -3.18. The van der Waals surface area contributed by atoms with Crippen LogP contribution < -0.4 is 0 Å². The molecule has 0 amide bonds. The van der Waals surface area contributed by atoms with Gasteiger partial charge in [0.2, 0.25) is 0 Å². The Labute approximate surface area is 286 Å². The van der Waals surface area contributed by atoms with Crippen LogP contribution in [0.15, 0.2) is 84.2 Å². The number of benzene rings is 2. The van der Waals surface area contributed by atoms with Crippen LogP contribution in [0.4, 0.5) is 0 Å². The minimum Gasteiger partial charge on any atom is -0.512 e. The number of fused-ring (bicyclic) bond motifs is 2. The Morgan fingerprint density at radius 2 is 1.56 bits per heavy atom. The molecule has 1 N–H and O–H groups in total. The molecule has 239 valence electrons. The van der Waals surface area contributed by atoms with E-state index >= 15 is 0 Å². The molecule has 0 spiro atoms. The Bertz CT molecular complexity index is 1740. The molecule has 6 heteroatoms. The molecule has 3 aromatic heterocycles. The predicted molar refractivity (Wildman–Crippen MR) is 187 cm³/mol. The van der Waals surface area contributed by atoms with Gasteiger partial charge in [-0.3, -0.25) is 9.78 Å². The summed E-state index contributed by atoms with van der Waals surface area (Å²) < 4.78 is 0. The summed E-state index contributed by atoms with van der Waals surface area (Å²) in [6.45, 7) is 14.8. The molecule has 1 radical (unpaired) electrons. The summed E-state index contributed by atoms with van der Waals surface area (Å²) in [5, 5.41) is 15.5. The quantitative estimate of drug-likeness (QED) is 0.0917. The first-order valence-electron chi connectivity index (χ1n) is 15.8. The molecule has 0 atom stereocenters. The molecule has 5 aromatic rings. The van der Waals surface area contributed by atoms with Crippen LogP contribution in [0.3, 0.4) is 0 Å². The van der Waals surface area contributed by atoms with Gasteiger partial charge in [-0.2, -0.15) is 0 Å². The van der Waals surface area contributed by atoms with Crippen molar-refractivity contribution in [1.82, 2.24) is 9.97 Å². The monoisotopic (exact) mass is 798 g/mol. The van der Waals surface area contributed by atoms with Crippen molar-refractivity contribution in [2.75, 3.05) is 0 Å². The van der Waals surface area contributed by atoms with E-state index in [9.17, 15) is 9.90 Å². The van der Waals surface area contributed by atoms with E-state index in [0.717, 1.165) is 52.7 Å². The van der Waals surface area contributed by atoms with Crippen LogP contribution in [0.2, 0.25) is 0 Å². The molecule has 45 heavy (non-hydrogen) atoms. The number of nitrogens with zero attached hydrogens (tertiary/aromatic N) is 2. The van der Waals surface area contributed by atoms with Crippen molar-refractivity contribution < 1.29 is 30.0 Å². The predicted octanol–water partition coefficient (Wildman–Crippen LogP) is 11.1. The molecule has 0 saturated heterocycles. The molecule has 0 unspecified atom stereocenters. The van der Waals surface area contributed by atoms with Crippen molar-refractivity contribution in [1.29, 1.82) is 0 Å². The van der Waals surface area contributed by atoms with Gasteiger partial charge in [0.05, 0.1) is 5.76 Å². The Morgan fingerprint density at radius 3 is 2.22 bits per heavy atom. The average Bonchev–Trinajstić information content (AvgIpc) is 3.46. The fraction of sp³-hybridized carbons (Fsp3) is 0.359. The zero-order valence-electron chi connectivity index (χ0n) is 27.5. The van der Waals surface area contributed by atoms with Gasteiger partial charge in [-0.1, -0.05) is 83.7 Å². The molecule has 0 aliphatic carbocycles. The van der Waals surface area contributed by atoms with E-state index in [1.807, 2.05) is 46.2 Å². The second-order valence-corrected chi connectivity index (χ2v) is 13.2. The minimum absolute atomic E-state index is 0. The summed E-state index contributed by atoms with van der Waals surface area (Å²) in [6, 6.07) is 22.7. The van der Waals surface area contributed by atoms with Crippen molar-refractivity contribution in [2.45, 2.75) is 79.6 Å². The number of aromatic nitrogens is 2. The van der Waals surface area contributed by atoms with Crippen molar-refractivity contribution >= 4 is 38.1 Å². The summed E-state index contributed by atoms with van der Waals surface area (Å²) in [5.41, 5.74) is 5.71. The maximum Gasteiger partial charge on any atom is 0.162 e. The van der Waals surface area contributed by atoms with Gasteiger partial charge >= 0.3 is 0 Å². The maximum absolute atomic E-state index is 11.7. The molecule has 2 aromatic carbocycles. The number of allylic oxidation sites excluding steroid dienone is 2. The topological polar surface area (TPSA) is 63.1 Å². The first-order chi connectivity index (χ1) is 21.1. The molecular weight excluding hydrogens is 753 g/mol. The van der Waals surface area contributed by atoms with E-state index in [2.05, 4.69) is 90.7 Å². The molecule has 0 fully saturated rings. The van der Waals surface area contributed by atoms with E-state index in [1.54, 1.807) is 11.3 Å². The molecule has 0 aliphatic heterocycles. The zero-order chi connectivity index (χ0) is 31.9. The normalized spacial score (nSPS) is 11.9. The number of hydrogen-bond donors (Lipinski definition) is 1. The van der Waals surface area contributed by atoms with Gasteiger partial charge in [-0.05, 0) is 54.9 Å². The van der Waals surface area contributed by atoms with Crippen LogP contribution in [-0.2, 0) is 30.3 Å². The molecule has 0 aliphatic rings. The Morgan fingerprint density at radius 1 is 0.889 bits per heavy atom. The number of aliphatic hydroxyl groups excluding tert-OH is 1. The van der Waals surface area contributed by atoms with Crippen LogP contribution in [0, 0.1) is 17.9 Å². The smallest absolute Gasteiger partial charge is 0.162 e. The molecular formula is C39H45IrN2O2S-. The van der Waals surface area contributed by atoms with Gasteiger partial charge < -0.3 is 5.11 Å². The first-order valence-corrected chi connectivity index (χ1v) is 16.7. The van der Waals surface area contributed by atoms with Crippen molar-refractivity contribution in [3.8, 4) is 22.4 Å². The van der Waals surface area contributed by atoms with Crippen LogP contribution in [-0.4, -0.2) is 20.9 Å². The summed E-state index contributed by atoms with van der Waals surface area (Å²) in [6.07, 6.45) is 8.65. The summed E-state index contributed by atoms with van der Waals surface area (Å²) in [4.78, 5) is 21.9. The number of rotatable bonds is 9. The number of aliphatic hydroxyl groups is 1. The van der Waals surface area contributed by atoms with Crippen LogP contribution >= 0.6 is 11.3 Å². The number of hydrogen-bond acceptors (Lipinski definition) is 5. The second kappa shape index (κ2) is 16.4. The van der Waals surface area contributed by atoms with Gasteiger partial charge in [0, 0.05) is 72.4 Å². The fourth-order valence-electron chi connectivity index (χ4n) is 5.61. The van der Waals surface area contributed by atoms with E-state index in [4.69, 9.17) is 0 Å². The van der Waals surface area contributed by atoms with Gasteiger partial charge in [0.25, 0.3) is 0 Å². The van der Waals surface area contributed by atoms with Crippen molar-refractivity contribution in [3.05, 3.63) is 95.8 Å². The van der Waals surface area contributed by atoms with Gasteiger partial charge in [-0.15, -0.1) is 40.5 Å². The first kappa shape index (κ1) is 36.3. The number of carbonyl (C=O) groups is 1. The SMILES string of the molecule is CC(C)(C)c1cc(-c2cc(-c3csc4ncccc34)ccn2)[c-]c2ccccc12.CCC(CC)C(=O)/C=C(\O)C(CC)CC.[Ir]. The number of pyridine rings is 2. The number of carbonyl (C=O) groups excluding carboxylic acids is 1.